The molecule has 1 amide bonds. The lowest BCUT2D eigenvalue weighted by molar-refractivity contribution is -0.119. The molecule has 1 spiro atoms. The number of hydrogen-bond acceptors (Lipinski definition) is 6. The van der Waals surface area contributed by atoms with Crippen LogP contribution in [0.3, 0.4) is 0 Å². The first-order valence-electron chi connectivity index (χ1n) is 9.05. The molecule has 1 fully saturated rings. The van der Waals surface area contributed by atoms with Crippen molar-refractivity contribution in [1.29, 1.82) is 0 Å². The van der Waals surface area contributed by atoms with E-state index in [1.165, 1.54) is 4.68 Å². The Bertz CT molecular complexity index is 949. The molecule has 28 heavy (non-hydrogen) atoms. The zero-order chi connectivity index (χ0) is 19.9. The van der Waals surface area contributed by atoms with Crippen LogP contribution in [0.5, 0.6) is 11.5 Å². The number of esters is 1. The van der Waals surface area contributed by atoms with Crippen molar-refractivity contribution in [2.75, 3.05) is 11.9 Å². The number of hydrogen-bond donors (Lipinski definition) is 1. The number of amides is 1. The van der Waals surface area contributed by atoms with Crippen molar-refractivity contribution in [3.8, 4) is 11.5 Å². The standard InChI is InChI=1S/C19H20ClN3O5/c1-11-16(17(20)23(2)22-11)18(25)26-10-15(24)21-12-5-6-13-14(9-12)28-19(27-13)7-3-4-8-19/h5-6,9H,3-4,7-8,10H2,1-2H3,(H,21,24). The van der Waals surface area contributed by atoms with Crippen LogP contribution in [0, 0.1) is 6.92 Å². The van der Waals surface area contributed by atoms with Gasteiger partial charge in [-0.25, -0.2) is 4.79 Å². The molecule has 1 aromatic carbocycles. The van der Waals surface area contributed by atoms with Gasteiger partial charge in [0.2, 0.25) is 0 Å². The number of aryl methyl sites for hydroxylation is 2. The van der Waals surface area contributed by atoms with E-state index in [0.717, 1.165) is 25.7 Å². The lowest BCUT2D eigenvalue weighted by Gasteiger charge is -2.21. The van der Waals surface area contributed by atoms with Crippen LogP contribution in [0.2, 0.25) is 5.15 Å². The highest BCUT2D eigenvalue weighted by atomic mass is 35.5. The first kappa shape index (κ1) is 18.6. The highest BCUT2D eigenvalue weighted by molar-refractivity contribution is 6.32. The fraction of sp³-hybridized carbons (Fsp3) is 0.421. The highest BCUT2D eigenvalue weighted by Gasteiger charge is 2.44. The van der Waals surface area contributed by atoms with E-state index in [1.54, 1.807) is 32.2 Å². The van der Waals surface area contributed by atoms with Crippen LogP contribution in [-0.4, -0.2) is 34.1 Å². The van der Waals surface area contributed by atoms with Gasteiger partial charge in [0, 0.05) is 31.6 Å². The maximum atomic E-state index is 12.2. The van der Waals surface area contributed by atoms with Crippen molar-refractivity contribution < 1.29 is 23.8 Å². The van der Waals surface area contributed by atoms with Gasteiger partial charge in [0.05, 0.1) is 5.69 Å². The highest BCUT2D eigenvalue weighted by Crippen LogP contribution is 2.47. The summed E-state index contributed by atoms with van der Waals surface area (Å²) in [5.74, 6) is -0.441. The van der Waals surface area contributed by atoms with E-state index in [4.69, 9.17) is 25.8 Å². The topological polar surface area (TPSA) is 91.7 Å². The molecule has 9 heteroatoms. The third kappa shape index (κ3) is 3.40. The molecule has 1 aliphatic heterocycles. The van der Waals surface area contributed by atoms with E-state index >= 15 is 0 Å². The van der Waals surface area contributed by atoms with Crippen LogP contribution in [0.1, 0.15) is 41.7 Å². The minimum Gasteiger partial charge on any atom is -0.452 e. The van der Waals surface area contributed by atoms with E-state index < -0.39 is 24.3 Å². The molecular weight excluding hydrogens is 386 g/mol. The van der Waals surface area contributed by atoms with Crippen molar-refractivity contribution in [2.24, 2.45) is 7.05 Å². The van der Waals surface area contributed by atoms with E-state index in [2.05, 4.69) is 10.4 Å². The molecule has 1 aromatic heterocycles. The van der Waals surface area contributed by atoms with E-state index in [0.29, 0.717) is 22.9 Å². The van der Waals surface area contributed by atoms with Gasteiger partial charge in [0.1, 0.15) is 10.7 Å². The Balaban J connectivity index is 1.35. The summed E-state index contributed by atoms with van der Waals surface area (Å²) in [7, 11) is 1.62. The van der Waals surface area contributed by atoms with Gasteiger partial charge in [0.25, 0.3) is 11.7 Å². The number of nitrogens with zero attached hydrogens (tertiary/aromatic N) is 2. The number of ether oxygens (including phenoxy) is 3. The first-order valence-corrected chi connectivity index (χ1v) is 9.43. The maximum Gasteiger partial charge on any atom is 0.343 e. The summed E-state index contributed by atoms with van der Waals surface area (Å²) < 4.78 is 18.4. The van der Waals surface area contributed by atoms with Crippen molar-refractivity contribution in [3.63, 3.8) is 0 Å². The third-order valence-electron chi connectivity index (χ3n) is 4.88. The second kappa shape index (κ2) is 7.01. The molecule has 0 radical (unpaired) electrons. The average Bonchev–Trinajstić information content (AvgIpc) is 3.31. The molecule has 148 valence electrons. The van der Waals surface area contributed by atoms with Gasteiger partial charge in [-0.2, -0.15) is 5.10 Å². The van der Waals surface area contributed by atoms with Crippen LogP contribution < -0.4 is 14.8 Å². The number of halogens is 1. The smallest absolute Gasteiger partial charge is 0.343 e. The van der Waals surface area contributed by atoms with Crippen LogP contribution in [0.25, 0.3) is 0 Å². The Labute approximate surface area is 166 Å². The first-order chi connectivity index (χ1) is 13.4. The monoisotopic (exact) mass is 405 g/mol. The molecule has 0 unspecified atom stereocenters. The van der Waals surface area contributed by atoms with Gasteiger partial charge in [-0.3, -0.25) is 9.48 Å². The van der Waals surface area contributed by atoms with Gasteiger partial charge < -0.3 is 19.5 Å². The molecular formula is C19H20ClN3O5. The quantitative estimate of drug-likeness (QED) is 0.785. The molecule has 0 atom stereocenters. The molecule has 2 aliphatic rings. The van der Waals surface area contributed by atoms with Gasteiger partial charge in [-0.15, -0.1) is 0 Å². The van der Waals surface area contributed by atoms with Crippen LogP contribution in [0.15, 0.2) is 18.2 Å². The lowest BCUT2D eigenvalue weighted by Crippen LogP contribution is -2.34. The third-order valence-corrected chi connectivity index (χ3v) is 5.31. The summed E-state index contributed by atoms with van der Waals surface area (Å²) >= 11 is 6.03. The predicted molar refractivity (Wildman–Crippen MR) is 101 cm³/mol. The summed E-state index contributed by atoms with van der Waals surface area (Å²) in [5.41, 5.74) is 1.13. The number of carbonyl (C=O) groups is 2. The fourth-order valence-corrected chi connectivity index (χ4v) is 3.80. The Morgan fingerprint density at radius 3 is 2.68 bits per heavy atom. The van der Waals surface area contributed by atoms with Gasteiger partial charge >= 0.3 is 5.97 Å². The normalized spacial score (nSPS) is 16.4. The minimum absolute atomic E-state index is 0.155. The fourth-order valence-electron chi connectivity index (χ4n) is 3.55. The molecule has 1 aliphatic carbocycles. The van der Waals surface area contributed by atoms with Crippen molar-refractivity contribution in [3.05, 3.63) is 34.6 Å². The number of carbonyl (C=O) groups excluding carboxylic acids is 2. The van der Waals surface area contributed by atoms with Gasteiger partial charge in [-0.05, 0) is 31.9 Å². The Kier molecular flexibility index (Phi) is 4.66. The van der Waals surface area contributed by atoms with Gasteiger partial charge in [0.15, 0.2) is 18.1 Å². The van der Waals surface area contributed by atoms with Crippen molar-refractivity contribution in [1.82, 2.24) is 9.78 Å². The predicted octanol–water partition coefficient (Wildman–Crippen LogP) is 3.22. The summed E-state index contributed by atoms with van der Waals surface area (Å²) in [6, 6.07) is 5.20. The average molecular weight is 406 g/mol. The molecule has 2 aromatic rings. The summed E-state index contributed by atoms with van der Waals surface area (Å²) in [6.07, 6.45) is 3.86. The second-order valence-electron chi connectivity index (χ2n) is 6.98. The molecule has 2 heterocycles. The Morgan fingerprint density at radius 2 is 2.00 bits per heavy atom. The molecule has 4 rings (SSSR count). The minimum atomic E-state index is -0.695. The SMILES string of the molecule is Cc1nn(C)c(Cl)c1C(=O)OCC(=O)Nc1ccc2c(c1)OC1(CCCC1)O2. The van der Waals surface area contributed by atoms with Crippen molar-refractivity contribution in [2.45, 2.75) is 38.4 Å². The Morgan fingerprint density at radius 1 is 1.29 bits per heavy atom. The van der Waals surface area contributed by atoms with E-state index in [-0.39, 0.29) is 10.7 Å². The van der Waals surface area contributed by atoms with Crippen molar-refractivity contribution >= 4 is 29.2 Å². The maximum absolute atomic E-state index is 12.2. The van der Waals surface area contributed by atoms with E-state index in [9.17, 15) is 9.59 Å². The summed E-state index contributed by atoms with van der Waals surface area (Å²) in [4.78, 5) is 24.3. The number of nitrogens with one attached hydrogen (secondary N) is 1. The molecule has 0 saturated heterocycles. The second-order valence-corrected chi connectivity index (χ2v) is 7.34. The summed E-state index contributed by atoms with van der Waals surface area (Å²) in [6.45, 7) is 1.20. The van der Waals surface area contributed by atoms with Gasteiger partial charge in [-0.1, -0.05) is 11.6 Å². The number of fused-ring (bicyclic) bond motifs is 1. The zero-order valence-corrected chi connectivity index (χ0v) is 16.3. The molecule has 1 N–H and O–H groups in total. The number of anilines is 1. The molecule has 0 bridgehead atoms. The van der Waals surface area contributed by atoms with Crippen LogP contribution >= 0.6 is 11.6 Å². The lowest BCUT2D eigenvalue weighted by atomic mass is 10.2. The van der Waals surface area contributed by atoms with Crippen LogP contribution in [0.4, 0.5) is 5.69 Å². The molecule has 8 nitrogen and oxygen atoms in total. The number of rotatable bonds is 4. The zero-order valence-electron chi connectivity index (χ0n) is 15.6. The largest absolute Gasteiger partial charge is 0.452 e. The number of aromatic nitrogens is 2. The molecule has 1 saturated carbocycles. The van der Waals surface area contributed by atoms with Crippen LogP contribution in [-0.2, 0) is 16.6 Å². The summed E-state index contributed by atoms with van der Waals surface area (Å²) in [5, 5.41) is 6.90. The van der Waals surface area contributed by atoms with E-state index in [1.807, 2.05) is 0 Å². The number of benzene rings is 1. The Hall–Kier alpha value is -2.74.